The summed E-state index contributed by atoms with van der Waals surface area (Å²) in [6.07, 6.45) is 2.53. The van der Waals surface area contributed by atoms with Crippen LogP contribution < -0.4 is 10.6 Å². The average Bonchev–Trinajstić information content (AvgIpc) is 2.49. The number of nitrogens with zero attached hydrogens (tertiary/aromatic N) is 1. The summed E-state index contributed by atoms with van der Waals surface area (Å²) in [5, 5.41) is 6.86. The maximum absolute atomic E-state index is 13.1. The molecule has 0 bridgehead atoms. The molecule has 1 atom stereocenters. The van der Waals surface area contributed by atoms with E-state index in [-0.39, 0.29) is 5.02 Å². The molecule has 2 N–H and O–H groups in total. The van der Waals surface area contributed by atoms with Gasteiger partial charge >= 0.3 is 0 Å². The van der Waals surface area contributed by atoms with Crippen molar-refractivity contribution in [2.45, 2.75) is 32.7 Å². The van der Waals surface area contributed by atoms with Gasteiger partial charge < -0.3 is 10.6 Å². The fourth-order valence-electron chi connectivity index (χ4n) is 2.59. The van der Waals surface area contributed by atoms with Crippen LogP contribution in [-0.2, 0) is 0 Å². The van der Waals surface area contributed by atoms with Crippen LogP contribution in [0.5, 0.6) is 0 Å². The van der Waals surface area contributed by atoms with Crippen molar-refractivity contribution in [1.82, 2.24) is 10.2 Å². The number of benzene rings is 1. The quantitative estimate of drug-likeness (QED) is 0.811. The van der Waals surface area contributed by atoms with Crippen LogP contribution in [0, 0.1) is 11.7 Å². The zero-order valence-electron chi connectivity index (χ0n) is 13.0. The van der Waals surface area contributed by atoms with Crippen molar-refractivity contribution in [3.63, 3.8) is 0 Å². The van der Waals surface area contributed by atoms with Crippen molar-refractivity contribution in [2.75, 3.05) is 25.0 Å². The van der Waals surface area contributed by atoms with Gasteiger partial charge in [0.1, 0.15) is 5.82 Å². The molecule has 0 aromatic heterocycles. The lowest BCUT2D eigenvalue weighted by molar-refractivity contribution is 0.148. The molecular formula is C16H23ClFN3S. The molecule has 1 unspecified atom stereocenters. The lowest BCUT2D eigenvalue weighted by Gasteiger charge is -2.35. The minimum Gasteiger partial charge on any atom is -0.361 e. The van der Waals surface area contributed by atoms with Crippen molar-refractivity contribution < 1.29 is 4.39 Å². The third-order valence-electron chi connectivity index (χ3n) is 4.18. The summed E-state index contributed by atoms with van der Waals surface area (Å²) in [7, 11) is 0. The normalized spacial score (nSPS) is 18.0. The maximum Gasteiger partial charge on any atom is 0.170 e. The predicted octanol–water partition coefficient (Wildman–Crippen LogP) is 3.89. The highest BCUT2D eigenvalue weighted by atomic mass is 35.5. The van der Waals surface area contributed by atoms with E-state index in [2.05, 4.69) is 29.4 Å². The number of rotatable bonds is 4. The first-order valence-electron chi connectivity index (χ1n) is 7.69. The fourth-order valence-corrected chi connectivity index (χ4v) is 2.97. The maximum atomic E-state index is 13.1. The van der Waals surface area contributed by atoms with Gasteiger partial charge in [-0.15, -0.1) is 0 Å². The molecule has 0 amide bonds. The van der Waals surface area contributed by atoms with E-state index in [1.54, 1.807) is 6.07 Å². The SMILES string of the molecule is CC1CCN(C(C)CNC(=S)Nc2ccc(F)c(Cl)c2)CC1. The number of hydrogen-bond acceptors (Lipinski definition) is 2. The Labute approximate surface area is 142 Å². The first kappa shape index (κ1) is 17.4. The average molecular weight is 344 g/mol. The highest BCUT2D eigenvalue weighted by Crippen LogP contribution is 2.19. The zero-order valence-corrected chi connectivity index (χ0v) is 14.6. The Morgan fingerprint density at radius 1 is 1.45 bits per heavy atom. The highest BCUT2D eigenvalue weighted by molar-refractivity contribution is 7.80. The van der Waals surface area contributed by atoms with Crippen molar-refractivity contribution in [1.29, 1.82) is 0 Å². The molecule has 0 spiro atoms. The molecule has 0 saturated carbocycles. The van der Waals surface area contributed by atoms with E-state index in [9.17, 15) is 4.39 Å². The van der Waals surface area contributed by atoms with Gasteiger partial charge in [0.2, 0.25) is 0 Å². The van der Waals surface area contributed by atoms with E-state index in [1.165, 1.54) is 25.0 Å². The summed E-state index contributed by atoms with van der Waals surface area (Å²) in [4.78, 5) is 2.49. The molecule has 1 aliphatic heterocycles. The smallest absolute Gasteiger partial charge is 0.170 e. The Kier molecular flexibility index (Phi) is 6.41. The molecule has 1 aromatic rings. The van der Waals surface area contributed by atoms with Crippen molar-refractivity contribution in [3.05, 3.63) is 29.0 Å². The second kappa shape index (κ2) is 8.09. The summed E-state index contributed by atoms with van der Waals surface area (Å²) in [5.41, 5.74) is 0.684. The van der Waals surface area contributed by atoms with Gasteiger partial charge in [-0.3, -0.25) is 4.90 Å². The van der Waals surface area contributed by atoms with Gasteiger partial charge in [0.15, 0.2) is 5.11 Å². The third kappa shape index (κ3) is 5.07. The summed E-state index contributed by atoms with van der Waals surface area (Å²) in [6.45, 7) is 7.61. The fraction of sp³-hybridized carbons (Fsp3) is 0.562. The Bertz CT molecular complexity index is 518. The second-order valence-electron chi connectivity index (χ2n) is 6.03. The van der Waals surface area contributed by atoms with Crippen LogP contribution in [0.3, 0.4) is 0 Å². The van der Waals surface area contributed by atoms with Gasteiger partial charge in [-0.05, 0) is 69.2 Å². The monoisotopic (exact) mass is 343 g/mol. The summed E-state index contributed by atoms with van der Waals surface area (Å²) < 4.78 is 13.1. The molecule has 2 rings (SSSR count). The molecule has 6 heteroatoms. The molecule has 1 saturated heterocycles. The lowest BCUT2D eigenvalue weighted by Crippen LogP contribution is -2.46. The van der Waals surface area contributed by atoms with Crippen LogP contribution in [0.4, 0.5) is 10.1 Å². The van der Waals surface area contributed by atoms with Crippen molar-refractivity contribution >= 4 is 34.6 Å². The highest BCUT2D eigenvalue weighted by Gasteiger charge is 2.20. The first-order valence-corrected chi connectivity index (χ1v) is 8.48. The van der Waals surface area contributed by atoms with Gasteiger partial charge in [-0.25, -0.2) is 4.39 Å². The number of nitrogens with one attached hydrogen (secondary N) is 2. The Morgan fingerprint density at radius 3 is 2.77 bits per heavy atom. The zero-order chi connectivity index (χ0) is 16.1. The van der Waals surface area contributed by atoms with E-state index >= 15 is 0 Å². The summed E-state index contributed by atoms with van der Waals surface area (Å²) in [6, 6.07) is 4.90. The second-order valence-corrected chi connectivity index (χ2v) is 6.85. The molecule has 1 aliphatic rings. The molecule has 22 heavy (non-hydrogen) atoms. The van der Waals surface area contributed by atoms with Gasteiger partial charge in [0.05, 0.1) is 5.02 Å². The molecule has 0 radical (unpaired) electrons. The molecule has 122 valence electrons. The number of hydrogen-bond donors (Lipinski definition) is 2. The molecule has 3 nitrogen and oxygen atoms in total. The van der Waals surface area contributed by atoms with Gasteiger partial charge in [0.25, 0.3) is 0 Å². The van der Waals surface area contributed by atoms with Crippen LogP contribution in [0.2, 0.25) is 5.02 Å². The van der Waals surface area contributed by atoms with Crippen LogP contribution in [-0.4, -0.2) is 35.7 Å². The van der Waals surface area contributed by atoms with Gasteiger partial charge in [-0.2, -0.15) is 0 Å². The number of thiocarbonyl (C=S) groups is 1. The number of halogens is 2. The Morgan fingerprint density at radius 2 is 2.14 bits per heavy atom. The summed E-state index contributed by atoms with van der Waals surface area (Å²) in [5.74, 6) is 0.404. The number of anilines is 1. The molecular weight excluding hydrogens is 321 g/mol. The van der Waals surface area contributed by atoms with Crippen LogP contribution in [0.15, 0.2) is 18.2 Å². The molecule has 1 fully saturated rings. The topological polar surface area (TPSA) is 27.3 Å². The third-order valence-corrected chi connectivity index (χ3v) is 4.71. The number of likely N-dealkylation sites (tertiary alicyclic amines) is 1. The molecule has 1 heterocycles. The van der Waals surface area contributed by atoms with Crippen LogP contribution >= 0.6 is 23.8 Å². The van der Waals surface area contributed by atoms with E-state index < -0.39 is 5.82 Å². The van der Waals surface area contributed by atoms with Gasteiger partial charge in [-0.1, -0.05) is 18.5 Å². The van der Waals surface area contributed by atoms with Gasteiger partial charge in [0, 0.05) is 18.3 Å². The Balaban J connectivity index is 1.76. The minimum absolute atomic E-state index is 0.0867. The molecule has 1 aromatic carbocycles. The minimum atomic E-state index is -0.431. The van der Waals surface area contributed by atoms with Crippen LogP contribution in [0.1, 0.15) is 26.7 Å². The van der Waals surface area contributed by atoms with E-state index in [0.717, 1.165) is 25.6 Å². The molecule has 0 aliphatic carbocycles. The van der Waals surface area contributed by atoms with E-state index in [1.807, 2.05) is 0 Å². The Hall–Kier alpha value is -0.910. The van der Waals surface area contributed by atoms with E-state index in [4.69, 9.17) is 23.8 Å². The lowest BCUT2D eigenvalue weighted by atomic mass is 9.98. The predicted molar refractivity (Wildman–Crippen MR) is 95.1 cm³/mol. The standard InChI is InChI=1S/C16H23ClFN3S/c1-11-5-7-21(8-6-11)12(2)10-19-16(22)20-13-3-4-15(18)14(17)9-13/h3-4,9,11-12H,5-8,10H2,1-2H3,(H2,19,20,22). The largest absolute Gasteiger partial charge is 0.361 e. The van der Waals surface area contributed by atoms with E-state index in [0.29, 0.717) is 16.8 Å². The van der Waals surface area contributed by atoms with Crippen LogP contribution in [0.25, 0.3) is 0 Å². The van der Waals surface area contributed by atoms with Crippen molar-refractivity contribution in [3.8, 4) is 0 Å². The first-order chi connectivity index (χ1) is 10.5. The number of piperidine rings is 1. The summed E-state index contributed by atoms with van der Waals surface area (Å²) >= 11 is 11.0. The van der Waals surface area contributed by atoms with Crippen molar-refractivity contribution in [2.24, 2.45) is 5.92 Å².